The zero-order chi connectivity index (χ0) is 10.9. The summed E-state index contributed by atoms with van der Waals surface area (Å²) < 4.78 is 0. The van der Waals surface area contributed by atoms with E-state index < -0.39 is 12.0 Å². The maximum atomic E-state index is 11.0. The van der Waals surface area contributed by atoms with E-state index in [0.29, 0.717) is 0 Å². The van der Waals surface area contributed by atoms with E-state index in [2.05, 4.69) is 5.32 Å². The van der Waals surface area contributed by atoms with Crippen molar-refractivity contribution in [3.63, 3.8) is 0 Å². The van der Waals surface area contributed by atoms with E-state index in [9.17, 15) is 4.79 Å². The summed E-state index contributed by atoms with van der Waals surface area (Å²) in [6.07, 6.45) is 0. The number of carboxylic acid groups (broad SMARTS) is 1. The molecule has 4 heteroatoms. The van der Waals surface area contributed by atoms with Crippen LogP contribution in [0.3, 0.4) is 0 Å². The van der Waals surface area contributed by atoms with E-state index in [4.69, 9.17) is 5.11 Å². The van der Waals surface area contributed by atoms with Crippen molar-refractivity contribution in [1.29, 1.82) is 0 Å². The molecule has 3 nitrogen and oxygen atoms in total. The molecular formula is C10H22ClNO2. The first-order valence-corrected chi connectivity index (χ1v) is 4.54. The lowest BCUT2D eigenvalue weighted by atomic mass is 9.85. The van der Waals surface area contributed by atoms with E-state index in [0.717, 1.165) is 0 Å². The summed E-state index contributed by atoms with van der Waals surface area (Å²) in [5.74, 6) is -0.789. The van der Waals surface area contributed by atoms with Gasteiger partial charge in [0.25, 0.3) is 0 Å². The summed E-state index contributed by atoms with van der Waals surface area (Å²) in [5, 5.41) is 12.1. The number of halogens is 1. The van der Waals surface area contributed by atoms with Crippen LogP contribution in [0.25, 0.3) is 0 Å². The number of aliphatic carboxylic acids is 1. The van der Waals surface area contributed by atoms with Gasteiger partial charge in [-0.2, -0.15) is 0 Å². The molecule has 0 unspecified atom stereocenters. The van der Waals surface area contributed by atoms with Crippen molar-refractivity contribution in [3.05, 3.63) is 0 Å². The number of rotatable bonds is 2. The summed E-state index contributed by atoms with van der Waals surface area (Å²) in [6.45, 7) is 11.7. The van der Waals surface area contributed by atoms with Crippen LogP contribution in [0.2, 0.25) is 0 Å². The van der Waals surface area contributed by atoms with E-state index in [1.165, 1.54) is 0 Å². The van der Waals surface area contributed by atoms with Gasteiger partial charge in [-0.1, -0.05) is 20.8 Å². The van der Waals surface area contributed by atoms with Gasteiger partial charge in [-0.05, 0) is 26.2 Å². The van der Waals surface area contributed by atoms with Crippen LogP contribution in [0.15, 0.2) is 0 Å². The van der Waals surface area contributed by atoms with E-state index in [1.807, 2.05) is 41.5 Å². The number of hydrogen-bond donors (Lipinski definition) is 2. The lowest BCUT2D eigenvalue weighted by molar-refractivity contribution is -0.143. The Hall–Kier alpha value is -0.280. The fourth-order valence-corrected chi connectivity index (χ4v) is 1.08. The molecular weight excluding hydrogens is 202 g/mol. The maximum absolute atomic E-state index is 11.0. The fraction of sp³-hybridized carbons (Fsp3) is 0.900. The van der Waals surface area contributed by atoms with Gasteiger partial charge >= 0.3 is 5.97 Å². The third-order valence-corrected chi connectivity index (χ3v) is 1.69. The highest BCUT2D eigenvalue weighted by Gasteiger charge is 2.33. The third-order valence-electron chi connectivity index (χ3n) is 1.69. The van der Waals surface area contributed by atoms with Crippen molar-refractivity contribution < 1.29 is 9.90 Å². The molecule has 0 spiro atoms. The average molecular weight is 224 g/mol. The Balaban J connectivity index is 0. The molecule has 0 heterocycles. The Morgan fingerprint density at radius 1 is 1.14 bits per heavy atom. The number of hydrogen-bond acceptors (Lipinski definition) is 2. The number of nitrogens with one attached hydrogen (secondary N) is 1. The van der Waals surface area contributed by atoms with Crippen LogP contribution in [-0.4, -0.2) is 22.7 Å². The molecule has 0 aromatic rings. The van der Waals surface area contributed by atoms with Gasteiger partial charge in [0.2, 0.25) is 0 Å². The number of carbonyl (C=O) groups is 1. The molecule has 0 saturated carbocycles. The molecule has 0 aromatic heterocycles. The van der Waals surface area contributed by atoms with Crippen molar-refractivity contribution in [2.24, 2.45) is 5.41 Å². The molecule has 0 aromatic carbocycles. The summed E-state index contributed by atoms with van der Waals surface area (Å²) in [4.78, 5) is 11.0. The molecule has 0 rings (SSSR count). The number of carboxylic acids is 1. The van der Waals surface area contributed by atoms with Gasteiger partial charge in [0, 0.05) is 5.54 Å². The SMILES string of the molecule is CC(C)(C)N[C@H](C(=O)O)C(C)(C)C.Cl. The minimum Gasteiger partial charge on any atom is -0.480 e. The topological polar surface area (TPSA) is 49.3 Å². The van der Waals surface area contributed by atoms with Gasteiger partial charge < -0.3 is 5.11 Å². The van der Waals surface area contributed by atoms with Gasteiger partial charge in [0.05, 0.1) is 0 Å². The second kappa shape index (κ2) is 4.99. The van der Waals surface area contributed by atoms with Gasteiger partial charge in [-0.3, -0.25) is 10.1 Å². The third kappa shape index (κ3) is 6.22. The molecule has 0 radical (unpaired) electrons. The van der Waals surface area contributed by atoms with Gasteiger partial charge in [0.15, 0.2) is 0 Å². The first kappa shape index (κ1) is 16.2. The molecule has 0 amide bonds. The maximum Gasteiger partial charge on any atom is 0.321 e. The van der Waals surface area contributed by atoms with Crippen molar-refractivity contribution in [2.75, 3.05) is 0 Å². The van der Waals surface area contributed by atoms with Crippen LogP contribution in [0.4, 0.5) is 0 Å². The first-order valence-electron chi connectivity index (χ1n) is 4.54. The standard InChI is InChI=1S/C10H21NO2.ClH/c1-9(2,3)7(8(12)13)11-10(4,5)6;/h7,11H,1-6H3,(H,12,13);1H/t7-;/m1./s1. The minimum absolute atomic E-state index is 0. The molecule has 0 fully saturated rings. The molecule has 1 atom stereocenters. The predicted molar refractivity (Wildman–Crippen MR) is 61.0 cm³/mol. The minimum atomic E-state index is -0.789. The summed E-state index contributed by atoms with van der Waals surface area (Å²) in [5.41, 5.74) is -0.435. The van der Waals surface area contributed by atoms with Gasteiger partial charge in [-0.25, -0.2) is 0 Å². The zero-order valence-electron chi connectivity index (χ0n) is 9.84. The summed E-state index contributed by atoms with van der Waals surface area (Å²) in [7, 11) is 0. The van der Waals surface area contributed by atoms with Crippen LogP contribution in [0.1, 0.15) is 41.5 Å². The van der Waals surface area contributed by atoms with Crippen LogP contribution in [0.5, 0.6) is 0 Å². The fourth-order valence-electron chi connectivity index (χ4n) is 1.08. The predicted octanol–water partition coefficient (Wildman–Crippen LogP) is 2.30. The Labute approximate surface area is 92.7 Å². The lowest BCUT2D eigenvalue weighted by Crippen LogP contribution is -2.53. The Bertz CT molecular complexity index is 191. The normalized spacial score (nSPS) is 14.4. The molecule has 0 aliphatic heterocycles. The van der Waals surface area contributed by atoms with Gasteiger partial charge in [-0.15, -0.1) is 12.4 Å². The molecule has 0 bridgehead atoms. The van der Waals surface area contributed by atoms with Crippen molar-refractivity contribution in [2.45, 2.75) is 53.1 Å². The Morgan fingerprint density at radius 2 is 1.50 bits per heavy atom. The van der Waals surface area contributed by atoms with Crippen LogP contribution >= 0.6 is 12.4 Å². The highest BCUT2D eigenvalue weighted by molar-refractivity contribution is 5.85. The first-order chi connectivity index (χ1) is 5.54. The van der Waals surface area contributed by atoms with E-state index in [-0.39, 0.29) is 23.4 Å². The highest BCUT2D eigenvalue weighted by Crippen LogP contribution is 2.21. The molecule has 14 heavy (non-hydrogen) atoms. The van der Waals surface area contributed by atoms with Crippen molar-refractivity contribution in [3.8, 4) is 0 Å². The largest absolute Gasteiger partial charge is 0.480 e. The van der Waals surface area contributed by atoms with Crippen molar-refractivity contribution in [1.82, 2.24) is 5.32 Å². The summed E-state index contributed by atoms with van der Waals surface area (Å²) in [6, 6.07) is -0.507. The van der Waals surface area contributed by atoms with E-state index in [1.54, 1.807) is 0 Å². The zero-order valence-corrected chi connectivity index (χ0v) is 10.7. The Kier molecular flexibility index (Phi) is 5.76. The molecule has 0 saturated heterocycles. The monoisotopic (exact) mass is 223 g/mol. The second-order valence-corrected chi connectivity index (χ2v) is 5.53. The van der Waals surface area contributed by atoms with Crippen molar-refractivity contribution >= 4 is 18.4 Å². The lowest BCUT2D eigenvalue weighted by Gasteiger charge is -2.34. The molecule has 86 valence electrons. The van der Waals surface area contributed by atoms with E-state index >= 15 is 0 Å². The molecule has 0 aliphatic rings. The molecule has 0 aliphatic carbocycles. The van der Waals surface area contributed by atoms with Crippen LogP contribution in [-0.2, 0) is 4.79 Å². The van der Waals surface area contributed by atoms with Gasteiger partial charge in [0.1, 0.15) is 6.04 Å². The summed E-state index contributed by atoms with van der Waals surface area (Å²) >= 11 is 0. The van der Waals surface area contributed by atoms with Crippen LogP contribution in [0, 0.1) is 5.41 Å². The smallest absolute Gasteiger partial charge is 0.321 e. The molecule has 2 N–H and O–H groups in total. The second-order valence-electron chi connectivity index (χ2n) is 5.53. The Morgan fingerprint density at radius 3 is 1.57 bits per heavy atom. The quantitative estimate of drug-likeness (QED) is 0.755. The highest BCUT2D eigenvalue weighted by atomic mass is 35.5. The average Bonchev–Trinajstić information content (AvgIpc) is 1.77. The van der Waals surface area contributed by atoms with Crippen LogP contribution < -0.4 is 5.32 Å².